The number of benzene rings is 1. The van der Waals surface area contributed by atoms with Crippen molar-refractivity contribution in [2.75, 3.05) is 12.4 Å². The maximum absolute atomic E-state index is 5.90. The van der Waals surface area contributed by atoms with Crippen LogP contribution in [-0.4, -0.2) is 23.7 Å². The fourth-order valence-corrected chi connectivity index (χ4v) is 1.92. The van der Waals surface area contributed by atoms with Crippen molar-refractivity contribution < 1.29 is 9.47 Å². The van der Waals surface area contributed by atoms with Crippen LogP contribution in [0, 0.1) is 0 Å². The van der Waals surface area contributed by atoms with E-state index in [1.807, 2.05) is 57.2 Å². The molecule has 0 amide bonds. The predicted octanol–water partition coefficient (Wildman–Crippen LogP) is 3.19. The number of pyridine rings is 1. The number of ether oxygens (including phenoxy) is 2. The summed E-state index contributed by atoms with van der Waals surface area (Å²) in [6.45, 7) is 6.40. The van der Waals surface area contributed by atoms with Crippen molar-refractivity contribution in [3.05, 3.63) is 48.2 Å². The Kier molecular flexibility index (Phi) is 5.63. The lowest BCUT2D eigenvalue weighted by atomic mass is 10.2. The van der Waals surface area contributed by atoms with E-state index in [0.29, 0.717) is 18.4 Å². The first kappa shape index (κ1) is 17.6. The highest BCUT2D eigenvalue weighted by Crippen LogP contribution is 2.16. The van der Waals surface area contributed by atoms with Crippen LogP contribution in [0.15, 0.2) is 47.6 Å². The molecule has 24 heavy (non-hydrogen) atoms. The Morgan fingerprint density at radius 1 is 1.17 bits per heavy atom. The van der Waals surface area contributed by atoms with Crippen molar-refractivity contribution >= 4 is 11.6 Å². The van der Waals surface area contributed by atoms with Crippen molar-refractivity contribution in [1.82, 2.24) is 4.98 Å². The van der Waals surface area contributed by atoms with Crippen LogP contribution in [0.1, 0.15) is 26.3 Å². The molecule has 0 fully saturated rings. The molecule has 1 heterocycles. The minimum Gasteiger partial charge on any atom is -0.497 e. The second-order valence-corrected chi connectivity index (χ2v) is 6.27. The lowest BCUT2D eigenvalue weighted by Crippen LogP contribution is -2.23. The molecule has 0 aliphatic heterocycles. The zero-order chi connectivity index (χ0) is 17.6. The summed E-state index contributed by atoms with van der Waals surface area (Å²) >= 11 is 0. The van der Waals surface area contributed by atoms with E-state index in [0.717, 1.165) is 17.0 Å². The fraction of sp³-hybridized carbons (Fsp3) is 0.333. The van der Waals surface area contributed by atoms with Crippen LogP contribution in [0.3, 0.4) is 0 Å². The molecule has 1 aromatic heterocycles. The van der Waals surface area contributed by atoms with Crippen LogP contribution >= 0.6 is 0 Å². The molecule has 0 saturated heterocycles. The third kappa shape index (κ3) is 5.79. The van der Waals surface area contributed by atoms with Gasteiger partial charge in [0.2, 0.25) is 5.88 Å². The van der Waals surface area contributed by atoms with Gasteiger partial charge in [-0.3, -0.25) is 0 Å². The second-order valence-electron chi connectivity index (χ2n) is 6.27. The lowest BCUT2D eigenvalue weighted by Gasteiger charge is -2.20. The molecule has 6 nitrogen and oxygen atoms in total. The maximum atomic E-state index is 5.90. The fourth-order valence-electron chi connectivity index (χ4n) is 1.92. The number of guanidine groups is 1. The zero-order valence-corrected chi connectivity index (χ0v) is 14.5. The summed E-state index contributed by atoms with van der Waals surface area (Å²) in [4.78, 5) is 8.59. The molecule has 6 heteroatoms. The first-order chi connectivity index (χ1) is 11.4. The Balaban J connectivity index is 1.91. The van der Waals surface area contributed by atoms with E-state index in [1.165, 1.54) is 0 Å². The highest BCUT2D eigenvalue weighted by Gasteiger charge is 2.12. The zero-order valence-electron chi connectivity index (χ0n) is 14.5. The van der Waals surface area contributed by atoms with Gasteiger partial charge in [-0.2, -0.15) is 0 Å². The quantitative estimate of drug-likeness (QED) is 0.650. The van der Waals surface area contributed by atoms with E-state index >= 15 is 0 Å². The predicted molar refractivity (Wildman–Crippen MR) is 96.6 cm³/mol. The van der Waals surface area contributed by atoms with E-state index in [1.54, 1.807) is 13.3 Å². The molecule has 1 aromatic carbocycles. The number of nitrogens with one attached hydrogen (secondary N) is 1. The largest absolute Gasteiger partial charge is 0.497 e. The maximum Gasteiger partial charge on any atom is 0.213 e. The van der Waals surface area contributed by atoms with Gasteiger partial charge in [0.15, 0.2) is 5.96 Å². The number of nitrogens with zero attached hydrogens (tertiary/aromatic N) is 2. The first-order valence-corrected chi connectivity index (χ1v) is 7.71. The van der Waals surface area contributed by atoms with Crippen LogP contribution < -0.4 is 20.5 Å². The van der Waals surface area contributed by atoms with Gasteiger partial charge in [0.25, 0.3) is 0 Å². The van der Waals surface area contributed by atoms with Crippen LogP contribution in [0.25, 0.3) is 0 Å². The van der Waals surface area contributed by atoms with Crippen molar-refractivity contribution in [3.63, 3.8) is 0 Å². The topological polar surface area (TPSA) is 81.8 Å². The van der Waals surface area contributed by atoms with E-state index in [9.17, 15) is 0 Å². The number of aliphatic imine (C=N–C) groups is 1. The summed E-state index contributed by atoms with van der Waals surface area (Å²) in [5.74, 6) is 1.73. The Morgan fingerprint density at radius 3 is 2.42 bits per heavy atom. The van der Waals surface area contributed by atoms with Gasteiger partial charge in [-0.25, -0.2) is 9.98 Å². The summed E-state index contributed by atoms with van der Waals surface area (Å²) in [5, 5.41) is 3.03. The summed E-state index contributed by atoms with van der Waals surface area (Å²) in [6, 6.07) is 11.2. The second kappa shape index (κ2) is 7.68. The summed E-state index contributed by atoms with van der Waals surface area (Å²) in [6.07, 6.45) is 1.74. The van der Waals surface area contributed by atoms with Crippen LogP contribution in [0.2, 0.25) is 0 Å². The average Bonchev–Trinajstić information content (AvgIpc) is 2.53. The van der Waals surface area contributed by atoms with Gasteiger partial charge < -0.3 is 20.5 Å². The van der Waals surface area contributed by atoms with Gasteiger partial charge in [-0.05, 0) is 50.6 Å². The van der Waals surface area contributed by atoms with E-state index in [2.05, 4.69) is 15.3 Å². The van der Waals surface area contributed by atoms with Crippen molar-refractivity contribution in [3.8, 4) is 11.6 Å². The lowest BCUT2D eigenvalue weighted by molar-refractivity contribution is 0.124. The van der Waals surface area contributed by atoms with Gasteiger partial charge in [0, 0.05) is 18.0 Å². The molecule has 0 unspecified atom stereocenters. The van der Waals surface area contributed by atoms with Crippen molar-refractivity contribution in [2.24, 2.45) is 10.7 Å². The Hall–Kier alpha value is -2.76. The minimum atomic E-state index is -0.265. The summed E-state index contributed by atoms with van der Waals surface area (Å²) in [7, 11) is 1.63. The average molecular weight is 328 g/mol. The van der Waals surface area contributed by atoms with E-state index in [-0.39, 0.29) is 5.60 Å². The molecule has 0 atom stereocenters. The van der Waals surface area contributed by atoms with E-state index < -0.39 is 0 Å². The van der Waals surface area contributed by atoms with Crippen molar-refractivity contribution in [2.45, 2.75) is 32.9 Å². The van der Waals surface area contributed by atoms with Gasteiger partial charge in [0.05, 0.1) is 13.7 Å². The van der Waals surface area contributed by atoms with Gasteiger partial charge in [0.1, 0.15) is 11.4 Å². The minimum absolute atomic E-state index is 0.265. The summed E-state index contributed by atoms with van der Waals surface area (Å²) in [5.41, 5.74) is 7.44. The molecule has 0 saturated carbocycles. The third-order valence-electron chi connectivity index (χ3n) is 3.00. The summed E-state index contributed by atoms with van der Waals surface area (Å²) < 4.78 is 10.8. The number of methoxy groups -OCH3 is 1. The third-order valence-corrected chi connectivity index (χ3v) is 3.00. The number of nitrogens with two attached hydrogens (primary N) is 1. The normalized spacial score (nSPS) is 11.9. The smallest absolute Gasteiger partial charge is 0.213 e. The van der Waals surface area contributed by atoms with Gasteiger partial charge in [-0.15, -0.1) is 0 Å². The molecule has 2 aromatic rings. The van der Waals surface area contributed by atoms with E-state index in [4.69, 9.17) is 15.2 Å². The van der Waals surface area contributed by atoms with Crippen LogP contribution in [-0.2, 0) is 6.54 Å². The van der Waals surface area contributed by atoms with Gasteiger partial charge >= 0.3 is 0 Å². The Morgan fingerprint density at radius 2 is 1.88 bits per heavy atom. The first-order valence-electron chi connectivity index (χ1n) is 7.71. The number of aromatic nitrogens is 1. The van der Waals surface area contributed by atoms with Crippen LogP contribution in [0.5, 0.6) is 11.6 Å². The number of hydrogen-bond acceptors (Lipinski definition) is 4. The van der Waals surface area contributed by atoms with Crippen molar-refractivity contribution in [1.29, 1.82) is 0 Å². The highest BCUT2D eigenvalue weighted by atomic mass is 16.5. The molecular formula is C18H24N4O2. The molecule has 0 radical (unpaired) electrons. The molecule has 0 aliphatic rings. The SMILES string of the molecule is COc1ccc(NC(N)=NCc2ccc(OC(C)(C)C)nc2)cc1. The number of rotatable bonds is 5. The molecule has 0 aliphatic carbocycles. The van der Waals surface area contributed by atoms with Gasteiger partial charge in [-0.1, -0.05) is 6.07 Å². The molecule has 2 rings (SSSR count). The number of anilines is 1. The number of hydrogen-bond donors (Lipinski definition) is 2. The standard InChI is InChI=1S/C18H24N4O2/c1-18(2,3)24-16-10-5-13(11-20-16)12-21-17(19)22-14-6-8-15(23-4)9-7-14/h5-11H,12H2,1-4H3,(H3,19,21,22). The molecule has 0 bridgehead atoms. The highest BCUT2D eigenvalue weighted by molar-refractivity contribution is 5.92. The van der Waals surface area contributed by atoms with Crippen LogP contribution in [0.4, 0.5) is 5.69 Å². The Labute approximate surface area is 142 Å². The monoisotopic (exact) mass is 328 g/mol. The molecular weight excluding hydrogens is 304 g/mol. The molecule has 3 N–H and O–H groups in total. The molecule has 0 spiro atoms. The molecule has 128 valence electrons. The Bertz CT molecular complexity index is 674.